The number of carbonyl (C=O) groups excluding carboxylic acids is 2. The summed E-state index contributed by atoms with van der Waals surface area (Å²) in [6.07, 6.45) is 0. The third-order valence-electron chi connectivity index (χ3n) is 3.53. The lowest BCUT2D eigenvalue weighted by Gasteiger charge is -2.17. The minimum Gasteiger partial charge on any atom is -0.497 e. The predicted molar refractivity (Wildman–Crippen MR) is 92.3 cm³/mol. The molecule has 26 heavy (non-hydrogen) atoms. The lowest BCUT2D eigenvalue weighted by Crippen LogP contribution is -2.31. The Morgan fingerprint density at radius 3 is 2.19 bits per heavy atom. The van der Waals surface area contributed by atoms with Crippen LogP contribution in [0.2, 0.25) is 0 Å². The highest BCUT2D eigenvalue weighted by molar-refractivity contribution is 5.80. The van der Waals surface area contributed by atoms with Crippen LogP contribution in [0.3, 0.4) is 0 Å². The summed E-state index contributed by atoms with van der Waals surface area (Å²) < 4.78 is 28.1. The number of halogens is 1. The van der Waals surface area contributed by atoms with Gasteiger partial charge in [0.2, 0.25) is 0 Å². The molecule has 2 aromatic rings. The van der Waals surface area contributed by atoms with Gasteiger partial charge in [-0.2, -0.15) is 0 Å². The number of hydrogen-bond donors (Lipinski definition) is 0. The van der Waals surface area contributed by atoms with E-state index in [0.717, 1.165) is 5.56 Å². The molecule has 2 aromatic carbocycles. The van der Waals surface area contributed by atoms with Crippen LogP contribution in [-0.2, 0) is 20.9 Å². The molecule has 0 heterocycles. The fourth-order valence-corrected chi connectivity index (χ4v) is 2.06. The van der Waals surface area contributed by atoms with Crippen molar-refractivity contribution in [1.82, 2.24) is 4.90 Å². The van der Waals surface area contributed by atoms with E-state index in [1.807, 2.05) is 0 Å². The number of amides is 1. The average molecular weight is 361 g/mol. The lowest BCUT2D eigenvalue weighted by molar-refractivity contribution is -0.153. The number of hydrogen-bond acceptors (Lipinski definition) is 5. The standard InChI is InChI=1S/C19H20FNO5/c1-21(11-14-3-5-15(20)6-4-14)18(22)12-26-19(23)13-25-17-9-7-16(24-2)8-10-17/h3-10H,11-13H2,1-2H3. The van der Waals surface area contributed by atoms with Crippen molar-refractivity contribution in [1.29, 1.82) is 0 Å². The van der Waals surface area contributed by atoms with Crippen molar-refractivity contribution >= 4 is 11.9 Å². The summed E-state index contributed by atoms with van der Waals surface area (Å²) >= 11 is 0. The maximum atomic E-state index is 12.9. The van der Waals surface area contributed by atoms with E-state index in [1.54, 1.807) is 50.6 Å². The van der Waals surface area contributed by atoms with Crippen LogP contribution in [0.15, 0.2) is 48.5 Å². The zero-order valence-corrected chi connectivity index (χ0v) is 14.6. The van der Waals surface area contributed by atoms with Gasteiger partial charge in [0.25, 0.3) is 5.91 Å². The van der Waals surface area contributed by atoms with Gasteiger partial charge >= 0.3 is 5.97 Å². The van der Waals surface area contributed by atoms with E-state index in [2.05, 4.69) is 0 Å². The summed E-state index contributed by atoms with van der Waals surface area (Å²) in [5.74, 6) is -0.192. The summed E-state index contributed by atoms with van der Waals surface area (Å²) in [5.41, 5.74) is 0.774. The first-order chi connectivity index (χ1) is 12.5. The number of nitrogens with zero attached hydrogens (tertiary/aromatic N) is 1. The molecule has 0 bridgehead atoms. The zero-order chi connectivity index (χ0) is 18.9. The molecule has 0 aliphatic rings. The molecule has 0 unspecified atom stereocenters. The molecule has 0 radical (unpaired) electrons. The van der Waals surface area contributed by atoms with Crippen LogP contribution in [-0.4, -0.2) is 44.1 Å². The van der Waals surface area contributed by atoms with Gasteiger partial charge in [-0.25, -0.2) is 9.18 Å². The Bertz CT molecular complexity index is 731. The Balaban J connectivity index is 1.71. The molecule has 0 aliphatic heterocycles. The van der Waals surface area contributed by atoms with Gasteiger partial charge in [0.05, 0.1) is 7.11 Å². The Labute approximate surface area is 151 Å². The molecule has 0 saturated heterocycles. The second kappa shape index (κ2) is 9.41. The van der Waals surface area contributed by atoms with Crippen LogP contribution >= 0.6 is 0 Å². The summed E-state index contributed by atoms with van der Waals surface area (Å²) in [7, 11) is 3.13. The molecule has 0 spiro atoms. The highest BCUT2D eigenvalue weighted by Gasteiger charge is 2.13. The van der Waals surface area contributed by atoms with Crippen molar-refractivity contribution in [2.24, 2.45) is 0 Å². The minimum absolute atomic E-state index is 0.291. The summed E-state index contributed by atoms with van der Waals surface area (Å²) in [4.78, 5) is 25.1. The predicted octanol–water partition coefficient (Wildman–Crippen LogP) is 2.41. The third kappa shape index (κ3) is 6.08. The van der Waals surface area contributed by atoms with Crippen LogP contribution in [0.25, 0.3) is 0 Å². The van der Waals surface area contributed by atoms with Gasteiger partial charge in [0.15, 0.2) is 13.2 Å². The fraction of sp³-hybridized carbons (Fsp3) is 0.263. The van der Waals surface area contributed by atoms with Gasteiger partial charge in [-0.05, 0) is 42.0 Å². The Hall–Kier alpha value is -3.09. The number of esters is 1. The van der Waals surface area contributed by atoms with Crippen LogP contribution in [0.5, 0.6) is 11.5 Å². The summed E-state index contributed by atoms with van der Waals surface area (Å²) in [6.45, 7) is -0.400. The largest absolute Gasteiger partial charge is 0.497 e. The van der Waals surface area contributed by atoms with Crippen LogP contribution in [0, 0.1) is 5.82 Å². The van der Waals surface area contributed by atoms with E-state index in [-0.39, 0.29) is 24.9 Å². The monoisotopic (exact) mass is 361 g/mol. The minimum atomic E-state index is -0.649. The topological polar surface area (TPSA) is 65.1 Å². The first-order valence-corrected chi connectivity index (χ1v) is 7.89. The van der Waals surface area contributed by atoms with Crippen molar-refractivity contribution < 1.29 is 28.2 Å². The Morgan fingerprint density at radius 2 is 1.58 bits per heavy atom. The van der Waals surface area contributed by atoms with Gasteiger partial charge < -0.3 is 19.1 Å². The fourth-order valence-electron chi connectivity index (χ4n) is 2.06. The second-order valence-corrected chi connectivity index (χ2v) is 5.50. The second-order valence-electron chi connectivity index (χ2n) is 5.50. The normalized spacial score (nSPS) is 10.1. The maximum absolute atomic E-state index is 12.9. The Kier molecular flexibility index (Phi) is 6.96. The Morgan fingerprint density at radius 1 is 0.962 bits per heavy atom. The molecule has 7 heteroatoms. The number of likely N-dealkylation sites (N-methyl/N-ethyl adjacent to an activating group) is 1. The maximum Gasteiger partial charge on any atom is 0.344 e. The van der Waals surface area contributed by atoms with E-state index >= 15 is 0 Å². The van der Waals surface area contributed by atoms with E-state index in [0.29, 0.717) is 18.0 Å². The molecule has 0 atom stereocenters. The smallest absolute Gasteiger partial charge is 0.344 e. The van der Waals surface area contributed by atoms with Gasteiger partial charge in [-0.1, -0.05) is 12.1 Å². The van der Waals surface area contributed by atoms with E-state index in [1.165, 1.54) is 17.0 Å². The van der Waals surface area contributed by atoms with Crippen molar-refractivity contribution in [2.45, 2.75) is 6.54 Å². The van der Waals surface area contributed by atoms with Gasteiger partial charge in [0, 0.05) is 13.6 Å². The molecule has 0 saturated carbocycles. The zero-order valence-electron chi connectivity index (χ0n) is 14.6. The van der Waals surface area contributed by atoms with Crippen molar-refractivity contribution in [3.05, 3.63) is 59.9 Å². The first kappa shape index (κ1) is 19.2. The molecule has 6 nitrogen and oxygen atoms in total. The van der Waals surface area contributed by atoms with Crippen LogP contribution < -0.4 is 9.47 Å². The highest BCUT2D eigenvalue weighted by Crippen LogP contribution is 2.16. The van der Waals surface area contributed by atoms with E-state index < -0.39 is 5.97 Å². The summed E-state index contributed by atoms with van der Waals surface area (Å²) in [5, 5.41) is 0. The number of carbonyl (C=O) groups is 2. The van der Waals surface area contributed by atoms with Crippen molar-refractivity contribution in [3.8, 4) is 11.5 Å². The van der Waals surface area contributed by atoms with E-state index in [9.17, 15) is 14.0 Å². The average Bonchev–Trinajstić information content (AvgIpc) is 2.66. The third-order valence-corrected chi connectivity index (χ3v) is 3.53. The quantitative estimate of drug-likeness (QED) is 0.676. The molecule has 0 fully saturated rings. The van der Waals surface area contributed by atoms with E-state index in [4.69, 9.17) is 14.2 Å². The van der Waals surface area contributed by atoms with Crippen LogP contribution in [0.4, 0.5) is 4.39 Å². The van der Waals surface area contributed by atoms with Crippen LogP contribution in [0.1, 0.15) is 5.56 Å². The van der Waals surface area contributed by atoms with Crippen molar-refractivity contribution in [3.63, 3.8) is 0 Å². The number of benzene rings is 2. The molecular weight excluding hydrogens is 341 g/mol. The van der Waals surface area contributed by atoms with Gasteiger partial charge in [-0.15, -0.1) is 0 Å². The molecule has 0 aromatic heterocycles. The first-order valence-electron chi connectivity index (χ1n) is 7.89. The SMILES string of the molecule is COc1ccc(OCC(=O)OCC(=O)N(C)Cc2ccc(F)cc2)cc1. The summed E-state index contributed by atoms with van der Waals surface area (Å²) in [6, 6.07) is 12.6. The van der Waals surface area contributed by atoms with Gasteiger partial charge in [-0.3, -0.25) is 4.79 Å². The van der Waals surface area contributed by atoms with Crippen molar-refractivity contribution in [2.75, 3.05) is 27.4 Å². The number of methoxy groups -OCH3 is 1. The number of ether oxygens (including phenoxy) is 3. The molecule has 0 aliphatic carbocycles. The molecule has 138 valence electrons. The molecule has 1 amide bonds. The lowest BCUT2D eigenvalue weighted by atomic mass is 10.2. The van der Waals surface area contributed by atoms with Gasteiger partial charge in [0.1, 0.15) is 17.3 Å². The molecule has 2 rings (SSSR count). The molecular formula is C19H20FNO5. The molecule has 0 N–H and O–H groups in total. The highest BCUT2D eigenvalue weighted by atomic mass is 19.1. The number of rotatable bonds is 8.